The first-order valence-corrected chi connectivity index (χ1v) is 9.32. The van der Waals surface area contributed by atoms with Crippen LogP contribution in [0.1, 0.15) is 16.1 Å². The molecule has 4 aromatic rings. The number of nitrogens with zero attached hydrogens (tertiary/aromatic N) is 3. The molecule has 3 heterocycles. The molecule has 0 saturated heterocycles. The zero-order valence-corrected chi connectivity index (χ0v) is 15.2. The third-order valence-corrected chi connectivity index (χ3v) is 4.88. The molecule has 4 rings (SSSR count). The van der Waals surface area contributed by atoms with E-state index in [0.717, 1.165) is 27.4 Å². The largest absolute Gasteiger partial charge is 0.347 e. The lowest BCUT2D eigenvalue weighted by Crippen LogP contribution is -2.23. The van der Waals surface area contributed by atoms with Crippen molar-refractivity contribution in [2.24, 2.45) is 0 Å². The molecule has 0 saturated carbocycles. The Labute approximate surface area is 160 Å². The van der Waals surface area contributed by atoms with E-state index in [1.165, 1.54) is 11.3 Å². The lowest BCUT2D eigenvalue weighted by atomic mass is 10.1. The van der Waals surface area contributed by atoms with Crippen LogP contribution < -0.4 is 5.32 Å². The van der Waals surface area contributed by atoms with Crippen molar-refractivity contribution in [3.05, 3.63) is 89.8 Å². The van der Waals surface area contributed by atoms with Gasteiger partial charge in [-0.1, -0.05) is 30.3 Å². The summed E-state index contributed by atoms with van der Waals surface area (Å²) in [4.78, 5) is 25.4. The molecule has 0 bridgehead atoms. The summed E-state index contributed by atoms with van der Waals surface area (Å²) in [6.45, 7) is 0.410. The molecule has 0 fully saturated rings. The number of carbonyl (C=O) groups is 1. The second kappa shape index (κ2) is 7.88. The van der Waals surface area contributed by atoms with Crippen LogP contribution in [0.15, 0.2) is 78.6 Å². The fourth-order valence-corrected chi connectivity index (χ4v) is 3.43. The van der Waals surface area contributed by atoms with Crippen molar-refractivity contribution in [2.45, 2.75) is 6.54 Å². The molecule has 0 aliphatic heterocycles. The number of amides is 1. The van der Waals surface area contributed by atoms with Gasteiger partial charge >= 0.3 is 0 Å². The predicted octanol–water partition coefficient (Wildman–Crippen LogP) is 4.20. The summed E-state index contributed by atoms with van der Waals surface area (Å²) < 4.78 is 0. The topological polar surface area (TPSA) is 67.8 Å². The normalized spacial score (nSPS) is 10.5. The molecule has 0 radical (unpaired) electrons. The van der Waals surface area contributed by atoms with Crippen molar-refractivity contribution in [1.29, 1.82) is 0 Å². The van der Waals surface area contributed by atoms with Crippen molar-refractivity contribution >= 4 is 17.2 Å². The maximum absolute atomic E-state index is 12.4. The number of nitrogens with one attached hydrogen (secondary N) is 1. The van der Waals surface area contributed by atoms with E-state index >= 15 is 0 Å². The monoisotopic (exact) mass is 372 g/mol. The molecule has 132 valence electrons. The highest BCUT2D eigenvalue weighted by atomic mass is 32.1. The maximum Gasteiger partial charge on any atom is 0.271 e. The fraction of sp³-hybridized carbons (Fsp3) is 0.0476. The fourth-order valence-electron chi connectivity index (χ4n) is 2.62. The van der Waals surface area contributed by atoms with Crippen molar-refractivity contribution in [3.8, 4) is 21.8 Å². The van der Waals surface area contributed by atoms with E-state index < -0.39 is 0 Å². The zero-order chi connectivity index (χ0) is 18.5. The molecule has 1 amide bonds. The molecule has 5 nitrogen and oxygen atoms in total. The number of aromatic nitrogens is 3. The Hall–Kier alpha value is -3.38. The van der Waals surface area contributed by atoms with E-state index in [0.29, 0.717) is 12.2 Å². The van der Waals surface area contributed by atoms with Crippen LogP contribution in [0.25, 0.3) is 21.8 Å². The first kappa shape index (κ1) is 17.1. The smallest absolute Gasteiger partial charge is 0.271 e. The quantitative estimate of drug-likeness (QED) is 0.570. The van der Waals surface area contributed by atoms with Gasteiger partial charge in [-0.3, -0.25) is 14.8 Å². The van der Waals surface area contributed by atoms with Crippen LogP contribution in [0.4, 0.5) is 0 Å². The summed E-state index contributed by atoms with van der Waals surface area (Å²) in [5.74, 6) is -0.187. The van der Waals surface area contributed by atoms with Gasteiger partial charge in [-0.15, -0.1) is 11.3 Å². The van der Waals surface area contributed by atoms with Gasteiger partial charge in [0.15, 0.2) is 0 Å². The number of carbonyl (C=O) groups excluding carboxylic acids is 1. The van der Waals surface area contributed by atoms with Crippen molar-refractivity contribution in [2.75, 3.05) is 0 Å². The van der Waals surface area contributed by atoms with Crippen LogP contribution in [-0.2, 0) is 6.54 Å². The van der Waals surface area contributed by atoms with Gasteiger partial charge in [0, 0.05) is 41.6 Å². The molecule has 27 heavy (non-hydrogen) atoms. The number of thiazole rings is 1. The minimum absolute atomic E-state index is 0.187. The third kappa shape index (κ3) is 4.07. The molecule has 0 aliphatic carbocycles. The summed E-state index contributed by atoms with van der Waals surface area (Å²) in [5, 5.41) is 5.54. The highest BCUT2D eigenvalue weighted by Gasteiger charge is 2.11. The van der Waals surface area contributed by atoms with E-state index in [2.05, 4.69) is 20.3 Å². The minimum atomic E-state index is -0.187. The van der Waals surface area contributed by atoms with E-state index in [9.17, 15) is 4.79 Å². The molecule has 3 aromatic heterocycles. The van der Waals surface area contributed by atoms with Crippen molar-refractivity contribution in [3.63, 3.8) is 0 Å². The Kier molecular flexibility index (Phi) is 4.98. The van der Waals surface area contributed by atoms with E-state index in [-0.39, 0.29) is 5.91 Å². The summed E-state index contributed by atoms with van der Waals surface area (Å²) in [5.41, 5.74) is 4.18. The van der Waals surface area contributed by atoms with Gasteiger partial charge in [0.05, 0.1) is 5.69 Å². The average Bonchev–Trinajstić information content (AvgIpc) is 3.24. The average molecular weight is 372 g/mol. The van der Waals surface area contributed by atoms with Gasteiger partial charge in [0.1, 0.15) is 10.7 Å². The molecule has 6 heteroatoms. The van der Waals surface area contributed by atoms with Crippen LogP contribution in [0, 0.1) is 0 Å². The van der Waals surface area contributed by atoms with Crippen LogP contribution >= 0.6 is 11.3 Å². The predicted molar refractivity (Wildman–Crippen MR) is 106 cm³/mol. The Morgan fingerprint density at radius 1 is 1.00 bits per heavy atom. The molecule has 1 aromatic carbocycles. The molecule has 0 atom stereocenters. The summed E-state index contributed by atoms with van der Waals surface area (Å²) >= 11 is 1.46. The number of benzene rings is 1. The standard InChI is InChI=1S/C21H16N4OS/c26-20(19-14-27-21(25-19)16-5-2-1-3-6-16)24-12-15-8-10-23-18(11-15)17-7-4-9-22-13-17/h1-11,13-14H,12H2,(H,24,26). The van der Waals surface area contributed by atoms with Crippen LogP contribution in [-0.4, -0.2) is 20.9 Å². The summed E-state index contributed by atoms with van der Waals surface area (Å²) in [6.07, 6.45) is 5.23. The molecular weight excluding hydrogens is 356 g/mol. The second-order valence-corrected chi connectivity index (χ2v) is 6.74. The van der Waals surface area contributed by atoms with Gasteiger partial charge in [-0.25, -0.2) is 4.98 Å². The molecule has 0 aliphatic rings. The Balaban J connectivity index is 1.43. The Bertz CT molecular complexity index is 1050. The molecule has 0 spiro atoms. The van der Waals surface area contributed by atoms with E-state index in [1.807, 2.05) is 54.6 Å². The van der Waals surface area contributed by atoms with Gasteiger partial charge in [0.2, 0.25) is 0 Å². The number of hydrogen-bond acceptors (Lipinski definition) is 5. The van der Waals surface area contributed by atoms with E-state index in [4.69, 9.17) is 0 Å². The second-order valence-electron chi connectivity index (χ2n) is 5.88. The molecular formula is C21H16N4OS. The first-order chi connectivity index (χ1) is 13.3. The Morgan fingerprint density at radius 2 is 1.85 bits per heavy atom. The van der Waals surface area contributed by atoms with Crippen molar-refractivity contribution in [1.82, 2.24) is 20.3 Å². The SMILES string of the molecule is O=C(NCc1ccnc(-c2cccnc2)c1)c1csc(-c2ccccc2)n1. The van der Waals surface area contributed by atoms with Crippen molar-refractivity contribution < 1.29 is 4.79 Å². The van der Waals surface area contributed by atoms with Crippen LogP contribution in [0.5, 0.6) is 0 Å². The zero-order valence-electron chi connectivity index (χ0n) is 14.4. The van der Waals surface area contributed by atoms with Crippen LogP contribution in [0.3, 0.4) is 0 Å². The van der Waals surface area contributed by atoms with Gasteiger partial charge < -0.3 is 5.32 Å². The maximum atomic E-state index is 12.4. The summed E-state index contributed by atoms with van der Waals surface area (Å²) in [7, 11) is 0. The highest BCUT2D eigenvalue weighted by Crippen LogP contribution is 2.23. The highest BCUT2D eigenvalue weighted by molar-refractivity contribution is 7.13. The van der Waals surface area contributed by atoms with Gasteiger partial charge in [-0.2, -0.15) is 0 Å². The number of rotatable bonds is 5. The Morgan fingerprint density at radius 3 is 2.67 bits per heavy atom. The van der Waals surface area contributed by atoms with E-state index in [1.54, 1.807) is 24.0 Å². The van der Waals surface area contributed by atoms with Crippen LogP contribution in [0.2, 0.25) is 0 Å². The summed E-state index contributed by atoms with van der Waals surface area (Å²) in [6, 6.07) is 17.5. The lowest BCUT2D eigenvalue weighted by molar-refractivity contribution is 0.0946. The first-order valence-electron chi connectivity index (χ1n) is 8.44. The lowest BCUT2D eigenvalue weighted by Gasteiger charge is -2.06. The minimum Gasteiger partial charge on any atom is -0.347 e. The number of hydrogen-bond donors (Lipinski definition) is 1. The number of pyridine rings is 2. The van der Waals surface area contributed by atoms with Gasteiger partial charge in [-0.05, 0) is 29.8 Å². The molecule has 1 N–H and O–H groups in total. The molecule has 0 unspecified atom stereocenters. The third-order valence-electron chi connectivity index (χ3n) is 3.99. The van der Waals surface area contributed by atoms with Gasteiger partial charge in [0.25, 0.3) is 5.91 Å².